The quantitative estimate of drug-likeness (QED) is 0.739. The predicted molar refractivity (Wildman–Crippen MR) is 102 cm³/mol. The van der Waals surface area contributed by atoms with Gasteiger partial charge < -0.3 is 23.8 Å². The lowest BCUT2D eigenvalue weighted by atomic mass is 10.1. The highest BCUT2D eigenvalue weighted by atomic mass is 16.5. The highest BCUT2D eigenvalue weighted by Gasteiger charge is 2.15. The molecule has 0 saturated carbocycles. The summed E-state index contributed by atoms with van der Waals surface area (Å²) in [7, 11) is 3.74. The maximum absolute atomic E-state index is 6.07. The first kappa shape index (κ1) is 17.0. The largest absolute Gasteiger partial charge is 0.493 e. The first-order chi connectivity index (χ1) is 12.8. The van der Waals surface area contributed by atoms with Crippen molar-refractivity contribution in [3.8, 4) is 22.8 Å². The van der Waals surface area contributed by atoms with Crippen LogP contribution < -0.4 is 9.47 Å². The van der Waals surface area contributed by atoms with Crippen LogP contribution in [0.5, 0.6) is 11.5 Å². The van der Waals surface area contributed by atoms with Crippen LogP contribution in [0.2, 0.25) is 0 Å². The molecule has 0 unspecified atom stereocenters. The summed E-state index contributed by atoms with van der Waals surface area (Å²) < 4.78 is 19.2. The van der Waals surface area contributed by atoms with E-state index in [1.54, 1.807) is 7.11 Å². The van der Waals surface area contributed by atoms with E-state index in [9.17, 15) is 0 Å². The van der Waals surface area contributed by atoms with Crippen molar-refractivity contribution in [3.63, 3.8) is 0 Å². The maximum atomic E-state index is 6.07. The molecule has 26 heavy (non-hydrogen) atoms. The Morgan fingerprint density at radius 1 is 1.19 bits per heavy atom. The monoisotopic (exact) mass is 355 g/mol. The lowest BCUT2D eigenvalue weighted by Crippen LogP contribution is -2.38. The Kier molecular flexibility index (Phi) is 4.86. The zero-order chi connectivity index (χ0) is 17.9. The van der Waals surface area contributed by atoms with Gasteiger partial charge in [0.25, 0.3) is 0 Å². The fourth-order valence-electron chi connectivity index (χ4n) is 3.48. The molecule has 3 aromatic rings. The number of fused-ring (bicyclic) bond motifs is 1. The summed E-state index contributed by atoms with van der Waals surface area (Å²) >= 11 is 0. The molecule has 0 amide bonds. The average Bonchev–Trinajstić information content (AvgIpc) is 3.30. The van der Waals surface area contributed by atoms with Gasteiger partial charge in [-0.25, -0.2) is 0 Å². The third-order valence-electron chi connectivity index (χ3n) is 4.93. The molecule has 1 N–H and O–H groups in total. The normalized spacial score (nSPS) is 15.5. The van der Waals surface area contributed by atoms with E-state index in [0.717, 1.165) is 66.5 Å². The second kappa shape index (κ2) is 7.43. The topological polar surface area (TPSA) is 51.7 Å². The van der Waals surface area contributed by atoms with E-state index in [-0.39, 0.29) is 0 Å². The van der Waals surface area contributed by atoms with E-state index in [4.69, 9.17) is 14.2 Å². The van der Waals surface area contributed by atoms with Gasteiger partial charge in [0, 0.05) is 61.8 Å². The van der Waals surface area contributed by atoms with Crippen LogP contribution >= 0.6 is 0 Å². The summed E-state index contributed by atoms with van der Waals surface area (Å²) in [5, 5.41) is 1.15. The number of hydrogen-bond acceptors (Lipinski definition) is 4. The lowest BCUT2D eigenvalue weighted by Gasteiger charge is -2.26. The van der Waals surface area contributed by atoms with Gasteiger partial charge in [0.1, 0.15) is 6.61 Å². The number of ether oxygens (including phenoxy) is 3. The Balaban J connectivity index is 1.58. The van der Waals surface area contributed by atoms with Crippen LogP contribution in [0.25, 0.3) is 22.2 Å². The van der Waals surface area contributed by atoms with Crippen LogP contribution in [0.1, 0.15) is 0 Å². The fraction of sp³-hybridized carbons (Fsp3) is 0.400. The Morgan fingerprint density at radius 2 is 2.04 bits per heavy atom. The van der Waals surface area contributed by atoms with Crippen molar-refractivity contribution in [2.75, 3.05) is 46.6 Å². The Bertz CT molecular complexity index is 864. The second-order valence-corrected chi connectivity index (χ2v) is 6.56. The van der Waals surface area contributed by atoms with Gasteiger partial charge in [-0.3, -0.25) is 4.90 Å². The van der Waals surface area contributed by atoms with Gasteiger partial charge in [-0.15, -0.1) is 0 Å². The minimum absolute atomic E-state index is 0.635. The molecule has 3 heterocycles. The fourth-order valence-corrected chi connectivity index (χ4v) is 3.48. The van der Waals surface area contributed by atoms with Gasteiger partial charge in [-0.1, -0.05) is 0 Å². The van der Waals surface area contributed by atoms with Crippen molar-refractivity contribution < 1.29 is 14.2 Å². The molecule has 4 rings (SSSR count). The first-order valence-electron chi connectivity index (χ1n) is 9.00. The SMILES string of the molecule is COc1cc2c(-c3ccc[nH]3)cn(C)c2cc1OCCN1CCOCC1. The number of H-pyrrole nitrogens is 1. The summed E-state index contributed by atoms with van der Waals surface area (Å²) in [5.74, 6) is 1.55. The van der Waals surface area contributed by atoms with Gasteiger partial charge in [-0.2, -0.15) is 0 Å². The van der Waals surface area contributed by atoms with Gasteiger partial charge in [0.2, 0.25) is 0 Å². The van der Waals surface area contributed by atoms with Crippen LogP contribution in [0.15, 0.2) is 36.7 Å². The van der Waals surface area contributed by atoms with Crippen molar-refractivity contribution in [1.29, 1.82) is 0 Å². The van der Waals surface area contributed by atoms with E-state index in [1.165, 1.54) is 0 Å². The van der Waals surface area contributed by atoms with Gasteiger partial charge in [0.05, 0.1) is 25.8 Å². The van der Waals surface area contributed by atoms with Crippen LogP contribution in [0.4, 0.5) is 0 Å². The minimum atomic E-state index is 0.635. The number of benzene rings is 1. The third kappa shape index (κ3) is 3.30. The van der Waals surface area contributed by atoms with E-state index in [2.05, 4.69) is 45.9 Å². The number of nitrogens with zero attached hydrogens (tertiary/aromatic N) is 2. The van der Waals surface area contributed by atoms with Crippen LogP contribution in [-0.4, -0.2) is 61.0 Å². The molecule has 1 aromatic carbocycles. The highest BCUT2D eigenvalue weighted by Crippen LogP contribution is 2.37. The molecule has 0 spiro atoms. The van der Waals surface area contributed by atoms with Crippen LogP contribution in [0.3, 0.4) is 0 Å². The molecule has 0 radical (unpaired) electrons. The number of morpholine rings is 1. The Labute approximate surface area is 153 Å². The standard InChI is InChI=1S/C20H25N3O3/c1-22-14-16(17-4-3-5-21-17)15-12-19(24-2)20(13-18(15)22)26-11-8-23-6-9-25-10-7-23/h3-5,12-14,21H,6-11H2,1-2H3. The number of rotatable bonds is 6. The number of aromatic nitrogens is 2. The van der Waals surface area contributed by atoms with Crippen molar-refractivity contribution in [1.82, 2.24) is 14.5 Å². The molecule has 0 bridgehead atoms. The van der Waals surface area contributed by atoms with Crippen molar-refractivity contribution >= 4 is 10.9 Å². The van der Waals surface area contributed by atoms with E-state index in [0.29, 0.717) is 6.61 Å². The zero-order valence-corrected chi connectivity index (χ0v) is 15.3. The molecular weight excluding hydrogens is 330 g/mol. The molecule has 1 fully saturated rings. The molecule has 6 nitrogen and oxygen atoms in total. The van der Waals surface area contributed by atoms with E-state index < -0.39 is 0 Å². The van der Waals surface area contributed by atoms with Crippen molar-refractivity contribution in [3.05, 3.63) is 36.7 Å². The molecule has 2 aromatic heterocycles. The van der Waals surface area contributed by atoms with Crippen molar-refractivity contribution in [2.45, 2.75) is 0 Å². The first-order valence-corrected chi connectivity index (χ1v) is 9.00. The molecular formula is C20H25N3O3. The molecule has 1 aliphatic heterocycles. The number of aromatic amines is 1. The molecule has 0 atom stereocenters. The lowest BCUT2D eigenvalue weighted by molar-refractivity contribution is 0.0321. The van der Waals surface area contributed by atoms with E-state index in [1.807, 2.05) is 12.3 Å². The van der Waals surface area contributed by atoms with Crippen LogP contribution in [0, 0.1) is 0 Å². The van der Waals surface area contributed by atoms with Crippen molar-refractivity contribution in [2.24, 2.45) is 7.05 Å². The third-order valence-corrected chi connectivity index (χ3v) is 4.93. The maximum Gasteiger partial charge on any atom is 0.163 e. The van der Waals surface area contributed by atoms with Gasteiger partial charge in [-0.05, 0) is 18.2 Å². The summed E-state index contributed by atoms with van der Waals surface area (Å²) in [6, 6.07) is 8.22. The summed E-state index contributed by atoms with van der Waals surface area (Å²) in [6.45, 7) is 5.08. The molecule has 138 valence electrons. The smallest absolute Gasteiger partial charge is 0.163 e. The van der Waals surface area contributed by atoms with E-state index >= 15 is 0 Å². The summed E-state index contributed by atoms with van der Waals surface area (Å²) in [4.78, 5) is 5.64. The Morgan fingerprint density at radius 3 is 2.77 bits per heavy atom. The molecule has 1 saturated heterocycles. The van der Waals surface area contributed by atoms with Crippen LogP contribution in [-0.2, 0) is 11.8 Å². The number of nitrogens with one attached hydrogen (secondary N) is 1. The molecule has 1 aliphatic rings. The van der Waals surface area contributed by atoms with Gasteiger partial charge >= 0.3 is 0 Å². The van der Waals surface area contributed by atoms with Gasteiger partial charge in [0.15, 0.2) is 11.5 Å². The number of methoxy groups -OCH3 is 1. The summed E-state index contributed by atoms with van der Waals surface area (Å²) in [6.07, 6.45) is 4.07. The molecule has 6 heteroatoms. The summed E-state index contributed by atoms with van der Waals surface area (Å²) in [5.41, 5.74) is 3.38. The predicted octanol–water partition coefficient (Wildman–Crippen LogP) is 2.89. The minimum Gasteiger partial charge on any atom is -0.493 e. The molecule has 0 aliphatic carbocycles. The highest BCUT2D eigenvalue weighted by molar-refractivity contribution is 5.97. The second-order valence-electron chi connectivity index (χ2n) is 6.56. The number of aryl methyl sites for hydroxylation is 1. The average molecular weight is 355 g/mol. The Hall–Kier alpha value is -2.44. The zero-order valence-electron chi connectivity index (χ0n) is 15.3. The number of hydrogen-bond donors (Lipinski definition) is 1.